The maximum Gasteiger partial charge on any atom is -0.0250 e. The lowest BCUT2D eigenvalue weighted by molar-refractivity contribution is 0.205. The van der Waals surface area contributed by atoms with Gasteiger partial charge in [-0.2, -0.15) is 0 Å². The first-order valence-corrected chi connectivity index (χ1v) is 7.83. The molecule has 1 aromatic carbocycles. The molecular weight excluding hydrogens is 216 g/mol. The highest BCUT2D eigenvalue weighted by molar-refractivity contribution is 5.15. The first-order chi connectivity index (χ1) is 8.79. The Morgan fingerprint density at radius 1 is 1.06 bits per heavy atom. The first kappa shape index (κ1) is 13.6. The summed E-state index contributed by atoms with van der Waals surface area (Å²) in [5.41, 5.74) is 1.53. The van der Waals surface area contributed by atoms with Crippen molar-refractivity contribution < 1.29 is 0 Å². The molecule has 100 valence electrons. The lowest BCUT2D eigenvalue weighted by Crippen LogP contribution is -2.21. The van der Waals surface area contributed by atoms with Crippen LogP contribution in [0, 0.1) is 17.8 Å². The Balaban J connectivity index is 1.77. The van der Waals surface area contributed by atoms with Gasteiger partial charge in [0.15, 0.2) is 0 Å². The molecule has 0 N–H and O–H groups in total. The summed E-state index contributed by atoms with van der Waals surface area (Å²) in [6.07, 6.45) is 9.92. The number of hydrogen-bond donors (Lipinski definition) is 0. The minimum Gasteiger partial charge on any atom is -0.0654 e. The zero-order valence-corrected chi connectivity index (χ0v) is 12.1. The van der Waals surface area contributed by atoms with Gasteiger partial charge in [-0.25, -0.2) is 0 Å². The summed E-state index contributed by atoms with van der Waals surface area (Å²) < 4.78 is 0. The van der Waals surface area contributed by atoms with E-state index in [-0.39, 0.29) is 0 Å². The van der Waals surface area contributed by atoms with E-state index in [0.29, 0.717) is 0 Å². The Labute approximate surface area is 113 Å². The van der Waals surface area contributed by atoms with Crippen LogP contribution in [0.25, 0.3) is 0 Å². The van der Waals surface area contributed by atoms with Gasteiger partial charge < -0.3 is 0 Å². The van der Waals surface area contributed by atoms with E-state index < -0.39 is 0 Å². The topological polar surface area (TPSA) is 0 Å². The molecule has 0 radical (unpaired) electrons. The molecule has 1 unspecified atom stereocenters. The van der Waals surface area contributed by atoms with Gasteiger partial charge in [0.2, 0.25) is 0 Å². The fraction of sp³-hybridized carbons (Fsp3) is 0.667. The third kappa shape index (κ3) is 3.86. The summed E-state index contributed by atoms with van der Waals surface area (Å²) in [5.74, 6) is 2.90. The molecule has 0 amide bonds. The van der Waals surface area contributed by atoms with Crippen LogP contribution in [0.4, 0.5) is 0 Å². The minimum atomic E-state index is 0.942. The SMILES string of the molecule is CCCC(C)C1CCC(Cc2ccccc2)CC1. The lowest BCUT2D eigenvalue weighted by Gasteiger charge is -2.32. The second kappa shape index (κ2) is 6.97. The van der Waals surface area contributed by atoms with Crippen LogP contribution in [-0.4, -0.2) is 0 Å². The smallest absolute Gasteiger partial charge is 0.0250 e. The molecule has 0 aromatic heterocycles. The monoisotopic (exact) mass is 244 g/mol. The van der Waals surface area contributed by atoms with Crippen LogP contribution in [0.5, 0.6) is 0 Å². The van der Waals surface area contributed by atoms with Crippen molar-refractivity contribution in [3.8, 4) is 0 Å². The highest BCUT2D eigenvalue weighted by Crippen LogP contribution is 2.36. The van der Waals surface area contributed by atoms with Crippen molar-refractivity contribution >= 4 is 0 Å². The maximum absolute atomic E-state index is 2.46. The Morgan fingerprint density at radius 2 is 1.72 bits per heavy atom. The van der Waals surface area contributed by atoms with E-state index in [0.717, 1.165) is 17.8 Å². The predicted molar refractivity (Wildman–Crippen MR) is 79.7 cm³/mol. The molecule has 0 nitrogen and oxygen atoms in total. The lowest BCUT2D eigenvalue weighted by atomic mass is 9.74. The van der Waals surface area contributed by atoms with Crippen molar-refractivity contribution in [2.75, 3.05) is 0 Å². The van der Waals surface area contributed by atoms with Gasteiger partial charge in [0.25, 0.3) is 0 Å². The van der Waals surface area contributed by atoms with Crippen molar-refractivity contribution in [3.63, 3.8) is 0 Å². The summed E-state index contributed by atoms with van der Waals surface area (Å²) in [4.78, 5) is 0. The zero-order chi connectivity index (χ0) is 12.8. The zero-order valence-electron chi connectivity index (χ0n) is 12.1. The third-order valence-corrected chi connectivity index (χ3v) is 4.81. The highest BCUT2D eigenvalue weighted by Gasteiger charge is 2.24. The second-order valence-corrected chi connectivity index (χ2v) is 6.24. The molecule has 18 heavy (non-hydrogen) atoms. The Bertz CT molecular complexity index is 319. The van der Waals surface area contributed by atoms with E-state index >= 15 is 0 Å². The van der Waals surface area contributed by atoms with E-state index in [4.69, 9.17) is 0 Å². The molecule has 1 aliphatic carbocycles. The van der Waals surface area contributed by atoms with Crippen molar-refractivity contribution in [1.82, 2.24) is 0 Å². The van der Waals surface area contributed by atoms with Gasteiger partial charge >= 0.3 is 0 Å². The molecule has 0 aliphatic heterocycles. The van der Waals surface area contributed by atoms with Crippen LogP contribution in [0.15, 0.2) is 30.3 Å². The molecular formula is C18H28. The predicted octanol–water partition coefficient (Wildman–Crippen LogP) is 5.47. The Kier molecular flexibility index (Phi) is 5.28. The summed E-state index contributed by atoms with van der Waals surface area (Å²) in [6, 6.07) is 11.0. The summed E-state index contributed by atoms with van der Waals surface area (Å²) in [6.45, 7) is 4.78. The average Bonchev–Trinajstić information content (AvgIpc) is 2.41. The van der Waals surface area contributed by atoms with Crippen LogP contribution < -0.4 is 0 Å². The van der Waals surface area contributed by atoms with Gasteiger partial charge in [-0.05, 0) is 55.4 Å². The molecule has 1 saturated carbocycles. The average molecular weight is 244 g/mol. The van der Waals surface area contributed by atoms with Crippen LogP contribution in [0.2, 0.25) is 0 Å². The van der Waals surface area contributed by atoms with E-state index in [9.17, 15) is 0 Å². The molecule has 1 aromatic rings. The molecule has 0 saturated heterocycles. The number of benzene rings is 1. The quantitative estimate of drug-likeness (QED) is 0.644. The van der Waals surface area contributed by atoms with Crippen LogP contribution in [-0.2, 0) is 6.42 Å². The van der Waals surface area contributed by atoms with Gasteiger partial charge in [0.1, 0.15) is 0 Å². The molecule has 1 atom stereocenters. The maximum atomic E-state index is 2.46. The minimum absolute atomic E-state index is 0.942. The summed E-state index contributed by atoms with van der Waals surface area (Å²) >= 11 is 0. The van der Waals surface area contributed by atoms with Crippen LogP contribution in [0.3, 0.4) is 0 Å². The molecule has 0 heterocycles. The third-order valence-electron chi connectivity index (χ3n) is 4.81. The Morgan fingerprint density at radius 3 is 2.33 bits per heavy atom. The molecule has 0 spiro atoms. The molecule has 0 bridgehead atoms. The Hall–Kier alpha value is -0.780. The van der Waals surface area contributed by atoms with Gasteiger partial charge in [0, 0.05) is 0 Å². The summed E-state index contributed by atoms with van der Waals surface area (Å²) in [7, 11) is 0. The van der Waals surface area contributed by atoms with Crippen molar-refractivity contribution in [3.05, 3.63) is 35.9 Å². The largest absolute Gasteiger partial charge is 0.0654 e. The molecule has 1 fully saturated rings. The van der Waals surface area contributed by atoms with Gasteiger partial charge in [-0.3, -0.25) is 0 Å². The van der Waals surface area contributed by atoms with E-state index in [2.05, 4.69) is 44.2 Å². The van der Waals surface area contributed by atoms with Crippen molar-refractivity contribution in [1.29, 1.82) is 0 Å². The standard InChI is InChI=1S/C18H28/c1-3-7-15(2)18-12-10-17(11-13-18)14-16-8-5-4-6-9-16/h4-6,8-9,15,17-18H,3,7,10-14H2,1-2H3. The van der Waals surface area contributed by atoms with Gasteiger partial charge in [-0.15, -0.1) is 0 Å². The first-order valence-electron chi connectivity index (χ1n) is 7.83. The van der Waals surface area contributed by atoms with Gasteiger partial charge in [0.05, 0.1) is 0 Å². The van der Waals surface area contributed by atoms with Crippen molar-refractivity contribution in [2.45, 2.75) is 58.8 Å². The van der Waals surface area contributed by atoms with Crippen LogP contribution >= 0.6 is 0 Å². The second-order valence-electron chi connectivity index (χ2n) is 6.24. The highest BCUT2D eigenvalue weighted by atomic mass is 14.3. The van der Waals surface area contributed by atoms with Gasteiger partial charge in [-0.1, -0.05) is 57.0 Å². The number of hydrogen-bond acceptors (Lipinski definition) is 0. The van der Waals surface area contributed by atoms with E-state index in [1.807, 2.05) is 0 Å². The molecule has 0 heteroatoms. The number of rotatable bonds is 5. The van der Waals surface area contributed by atoms with E-state index in [1.165, 1.54) is 50.5 Å². The normalized spacial score (nSPS) is 25.9. The van der Waals surface area contributed by atoms with E-state index in [1.54, 1.807) is 0 Å². The molecule has 2 rings (SSSR count). The molecule has 1 aliphatic rings. The van der Waals surface area contributed by atoms with Crippen LogP contribution in [0.1, 0.15) is 57.9 Å². The fourth-order valence-corrected chi connectivity index (χ4v) is 3.60. The summed E-state index contributed by atoms with van der Waals surface area (Å²) in [5, 5.41) is 0. The fourth-order valence-electron chi connectivity index (χ4n) is 3.60. The van der Waals surface area contributed by atoms with Crippen molar-refractivity contribution in [2.24, 2.45) is 17.8 Å².